The molecule has 2 rings (SSSR count). The van der Waals surface area contributed by atoms with Crippen LogP contribution in [0.5, 0.6) is 5.75 Å². The van der Waals surface area contributed by atoms with Crippen molar-refractivity contribution >= 4 is 6.03 Å². The quantitative estimate of drug-likeness (QED) is 0.893. The number of hydrogen-bond donors (Lipinski definition) is 2. The van der Waals surface area contributed by atoms with Crippen LogP contribution in [-0.2, 0) is 0 Å². The summed E-state index contributed by atoms with van der Waals surface area (Å²) in [7, 11) is 1.46. The Kier molecular flexibility index (Phi) is 5.01. The number of halogens is 1. The van der Waals surface area contributed by atoms with E-state index in [2.05, 4.69) is 5.32 Å². The largest absolute Gasteiger partial charge is 0.494 e. The Bertz CT molecular complexity index is 502. The fourth-order valence-corrected chi connectivity index (χ4v) is 2.66. The molecule has 1 aromatic carbocycles. The lowest BCUT2D eigenvalue weighted by Gasteiger charge is -2.33. The molecule has 116 valence electrons. The first-order chi connectivity index (χ1) is 10.0. The number of methoxy groups -OCH3 is 1. The minimum absolute atomic E-state index is 0.0876. The maximum absolute atomic E-state index is 13.4. The molecule has 0 aromatic heterocycles. The third-order valence-corrected chi connectivity index (χ3v) is 3.97. The van der Waals surface area contributed by atoms with Crippen LogP contribution in [0.1, 0.15) is 31.4 Å². The predicted octanol–water partition coefficient (Wildman–Crippen LogP) is 2.03. The smallest absolute Gasteiger partial charge is 0.314 e. The summed E-state index contributed by atoms with van der Waals surface area (Å²) in [4.78, 5) is 12.7. The van der Waals surface area contributed by atoms with Crippen molar-refractivity contribution in [2.24, 2.45) is 5.73 Å². The molecular weight excluding hydrogens is 273 g/mol. The number of piperidine rings is 1. The van der Waals surface area contributed by atoms with Gasteiger partial charge in [0, 0.05) is 25.2 Å². The van der Waals surface area contributed by atoms with Crippen LogP contribution in [-0.4, -0.2) is 37.2 Å². The fraction of sp³-hybridized carbons (Fsp3) is 0.533. The summed E-state index contributed by atoms with van der Waals surface area (Å²) < 4.78 is 18.4. The molecule has 1 unspecified atom stereocenters. The van der Waals surface area contributed by atoms with Crippen LogP contribution >= 0.6 is 0 Å². The monoisotopic (exact) mass is 295 g/mol. The van der Waals surface area contributed by atoms with Gasteiger partial charge in [0.1, 0.15) is 0 Å². The van der Waals surface area contributed by atoms with E-state index in [4.69, 9.17) is 10.5 Å². The van der Waals surface area contributed by atoms with Gasteiger partial charge < -0.3 is 20.7 Å². The highest BCUT2D eigenvalue weighted by atomic mass is 19.1. The van der Waals surface area contributed by atoms with Crippen molar-refractivity contribution in [3.63, 3.8) is 0 Å². The van der Waals surface area contributed by atoms with Crippen LogP contribution in [0.4, 0.5) is 9.18 Å². The van der Waals surface area contributed by atoms with Crippen LogP contribution in [0.3, 0.4) is 0 Å². The first kappa shape index (κ1) is 15.6. The minimum atomic E-state index is -0.358. The zero-order valence-electron chi connectivity index (χ0n) is 12.4. The van der Waals surface area contributed by atoms with E-state index in [1.807, 2.05) is 6.92 Å². The summed E-state index contributed by atoms with van der Waals surface area (Å²) in [5.41, 5.74) is 6.25. The molecule has 1 saturated heterocycles. The number of rotatable bonds is 4. The SMILES string of the molecule is COc1cc(C(C)NC2CCN(C(N)=O)CC2)ccc1F. The number of amides is 2. The lowest BCUT2D eigenvalue weighted by Crippen LogP contribution is -2.47. The zero-order chi connectivity index (χ0) is 15.4. The molecule has 2 amide bonds. The molecule has 1 fully saturated rings. The van der Waals surface area contributed by atoms with Crippen molar-refractivity contribution in [3.8, 4) is 5.75 Å². The Hall–Kier alpha value is -1.82. The third kappa shape index (κ3) is 3.85. The second kappa shape index (κ2) is 6.76. The van der Waals surface area contributed by atoms with Crippen LogP contribution < -0.4 is 15.8 Å². The number of nitrogens with zero attached hydrogens (tertiary/aromatic N) is 1. The normalized spacial score (nSPS) is 17.6. The second-order valence-electron chi connectivity index (χ2n) is 5.38. The van der Waals surface area contributed by atoms with E-state index in [1.54, 1.807) is 17.0 Å². The average Bonchev–Trinajstić information content (AvgIpc) is 2.48. The molecule has 0 aliphatic carbocycles. The van der Waals surface area contributed by atoms with Crippen molar-refractivity contribution in [3.05, 3.63) is 29.6 Å². The molecule has 0 spiro atoms. The Morgan fingerprint density at radius 2 is 2.14 bits per heavy atom. The zero-order valence-corrected chi connectivity index (χ0v) is 12.4. The molecule has 1 aliphatic rings. The summed E-state index contributed by atoms with van der Waals surface area (Å²) in [6.07, 6.45) is 1.73. The van der Waals surface area contributed by atoms with Crippen molar-refractivity contribution < 1.29 is 13.9 Å². The maximum atomic E-state index is 13.4. The predicted molar refractivity (Wildman–Crippen MR) is 78.7 cm³/mol. The Morgan fingerprint density at radius 3 is 2.71 bits per heavy atom. The Labute approximate surface area is 124 Å². The maximum Gasteiger partial charge on any atom is 0.314 e. The number of hydrogen-bond acceptors (Lipinski definition) is 3. The van der Waals surface area contributed by atoms with Crippen molar-refractivity contribution in [2.45, 2.75) is 31.8 Å². The number of primary amides is 1. The number of carbonyl (C=O) groups excluding carboxylic acids is 1. The van der Waals surface area contributed by atoms with Crippen LogP contribution in [0.25, 0.3) is 0 Å². The highest BCUT2D eigenvalue weighted by molar-refractivity contribution is 5.72. The molecule has 1 heterocycles. The summed E-state index contributed by atoms with van der Waals surface area (Å²) >= 11 is 0. The number of benzene rings is 1. The summed E-state index contributed by atoms with van der Waals surface area (Å²) in [6.45, 7) is 3.38. The van der Waals surface area contributed by atoms with Crippen molar-refractivity contribution in [1.29, 1.82) is 0 Å². The van der Waals surface area contributed by atoms with Gasteiger partial charge in [-0.25, -0.2) is 9.18 Å². The van der Waals surface area contributed by atoms with E-state index in [0.29, 0.717) is 19.1 Å². The number of carbonyl (C=O) groups is 1. The summed E-state index contributed by atoms with van der Waals surface area (Å²) in [6, 6.07) is 4.95. The lowest BCUT2D eigenvalue weighted by atomic mass is 10.0. The lowest BCUT2D eigenvalue weighted by molar-refractivity contribution is 0.183. The van der Waals surface area contributed by atoms with Crippen LogP contribution in [0, 0.1) is 5.82 Å². The van der Waals surface area contributed by atoms with E-state index in [0.717, 1.165) is 18.4 Å². The topological polar surface area (TPSA) is 67.6 Å². The first-order valence-electron chi connectivity index (χ1n) is 7.15. The number of urea groups is 1. The standard InChI is InChI=1S/C15H22FN3O2/c1-10(11-3-4-13(16)14(9-11)21-2)18-12-5-7-19(8-6-12)15(17)20/h3-4,9-10,12,18H,5-8H2,1-2H3,(H2,17,20). The van der Waals surface area contributed by atoms with E-state index >= 15 is 0 Å². The van der Waals surface area contributed by atoms with Gasteiger partial charge >= 0.3 is 6.03 Å². The molecule has 0 bridgehead atoms. The molecule has 0 saturated carbocycles. The van der Waals surface area contributed by atoms with E-state index in [-0.39, 0.29) is 23.6 Å². The second-order valence-corrected chi connectivity index (χ2v) is 5.38. The van der Waals surface area contributed by atoms with Gasteiger partial charge in [0.05, 0.1) is 7.11 Å². The minimum Gasteiger partial charge on any atom is -0.494 e. The molecule has 1 aromatic rings. The summed E-state index contributed by atoms with van der Waals surface area (Å²) in [5.74, 6) is -0.104. The van der Waals surface area contributed by atoms with Gasteiger partial charge in [-0.05, 0) is 37.5 Å². The van der Waals surface area contributed by atoms with Gasteiger partial charge in [0.2, 0.25) is 0 Å². The first-order valence-corrected chi connectivity index (χ1v) is 7.15. The van der Waals surface area contributed by atoms with E-state index in [9.17, 15) is 9.18 Å². The van der Waals surface area contributed by atoms with Gasteiger partial charge in [-0.3, -0.25) is 0 Å². The van der Waals surface area contributed by atoms with Crippen LogP contribution in [0.2, 0.25) is 0 Å². The van der Waals surface area contributed by atoms with Gasteiger partial charge in [-0.1, -0.05) is 6.07 Å². The third-order valence-electron chi connectivity index (χ3n) is 3.97. The Morgan fingerprint density at radius 1 is 1.48 bits per heavy atom. The number of ether oxygens (including phenoxy) is 1. The number of nitrogens with one attached hydrogen (secondary N) is 1. The summed E-state index contributed by atoms with van der Waals surface area (Å²) in [5, 5.41) is 3.51. The van der Waals surface area contributed by atoms with Crippen LogP contribution in [0.15, 0.2) is 18.2 Å². The number of likely N-dealkylation sites (tertiary alicyclic amines) is 1. The molecule has 6 heteroatoms. The highest BCUT2D eigenvalue weighted by Gasteiger charge is 2.22. The molecule has 1 atom stereocenters. The molecule has 0 radical (unpaired) electrons. The molecule has 1 aliphatic heterocycles. The Balaban J connectivity index is 1.93. The van der Waals surface area contributed by atoms with Gasteiger partial charge in [-0.2, -0.15) is 0 Å². The number of nitrogens with two attached hydrogens (primary N) is 1. The molecule has 21 heavy (non-hydrogen) atoms. The van der Waals surface area contributed by atoms with Gasteiger partial charge in [0.15, 0.2) is 11.6 Å². The molecular formula is C15H22FN3O2. The highest BCUT2D eigenvalue weighted by Crippen LogP contribution is 2.23. The van der Waals surface area contributed by atoms with Crippen molar-refractivity contribution in [1.82, 2.24) is 10.2 Å². The van der Waals surface area contributed by atoms with E-state index < -0.39 is 0 Å². The van der Waals surface area contributed by atoms with Gasteiger partial charge in [-0.15, -0.1) is 0 Å². The van der Waals surface area contributed by atoms with E-state index in [1.165, 1.54) is 13.2 Å². The van der Waals surface area contributed by atoms with Gasteiger partial charge in [0.25, 0.3) is 0 Å². The average molecular weight is 295 g/mol. The molecule has 5 nitrogen and oxygen atoms in total. The van der Waals surface area contributed by atoms with Crippen molar-refractivity contribution in [2.75, 3.05) is 20.2 Å². The molecule has 3 N–H and O–H groups in total. The fourth-order valence-electron chi connectivity index (χ4n) is 2.66.